The fourth-order valence-electron chi connectivity index (χ4n) is 3.62. The Kier molecular flexibility index (Phi) is 6.22. The van der Waals surface area contributed by atoms with Crippen LogP contribution in [-0.2, 0) is 4.79 Å². The second-order valence-corrected chi connectivity index (χ2v) is 8.15. The van der Waals surface area contributed by atoms with E-state index >= 15 is 0 Å². The van der Waals surface area contributed by atoms with Gasteiger partial charge in [0.2, 0.25) is 5.91 Å². The summed E-state index contributed by atoms with van der Waals surface area (Å²) in [7, 11) is 0. The fourth-order valence-corrected chi connectivity index (χ4v) is 4.45. The molecule has 0 bridgehead atoms. The van der Waals surface area contributed by atoms with Gasteiger partial charge in [-0.1, -0.05) is 18.2 Å². The van der Waals surface area contributed by atoms with Crippen LogP contribution in [-0.4, -0.2) is 25.5 Å². The summed E-state index contributed by atoms with van der Waals surface area (Å²) < 4.78 is 13.3. The van der Waals surface area contributed by atoms with E-state index < -0.39 is 0 Å². The summed E-state index contributed by atoms with van der Waals surface area (Å²) in [5.74, 6) is -0.378. The molecule has 0 unspecified atom stereocenters. The lowest BCUT2D eigenvalue weighted by Crippen LogP contribution is -2.31. The van der Waals surface area contributed by atoms with Crippen LogP contribution in [0.3, 0.4) is 0 Å². The summed E-state index contributed by atoms with van der Waals surface area (Å²) in [4.78, 5) is 15.9. The van der Waals surface area contributed by atoms with Gasteiger partial charge in [0, 0.05) is 29.3 Å². The molecule has 1 saturated heterocycles. The van der Waals surface area contributed by atoms with Crippen LogP contribution < -0.4 is 15.5 Å². The summed E-state index contributed by atoms with van der Waals surface area (Å²) in [6.45, 7) is 2.36. The number of carbonyl (C=O) groups is 1. The van der Waals surface area contributed by atoms with Crippen molar-refractivity contribution in [3.63, 3.8) is 0 Å². The van der Waals surface area contributed by atoms with Gasteiger partial charge in [-0.2, -0.15) is 0 Å². The molecule has 3 aromatic rings. The first kappa shape index (κ1) is 19.6. The number of hydrogen-bond donors (Lipinski definition) is 2. The average Bonchev–Trinajstić information content (AvgIpc) is 3.44. The maximum Gasteiger partial charge on any atom is 0.238 e. The Labute approximate surface area is 174 Å². The second-order valence-electron chi connectivity index (χ2n) is 7.17. The van der Waals surface area contributed by atoms with Gasteiger partial charge in [-0.05, 0) is 66.2 Å². The van der Waals surface area contributed by atoms with E-state index in [-0.39, 0.29) is 24.3 Å². The van der Waals surface area contributed by atoms with Gasteiger partial charge in [-0.3, -0.25) is 10.1 Å². The van der Waals surface area contributed by atoms with Gasteiger partial charge in [0.05, 0.1) is 12.6 Å². The number of nitrogens with zero attached hydrogens (tertiary/aromatic N) is 1. The normalized spacial score (nSPS) is 14.7. The molecule has 4 rings (SSSR count). The highest BCUT2D eigenvalue weighted by Crippen LogP contribution is 2.26. The van der Waals surface area contributed by atoms with E-state index in [4.69, 9.17) is 0 Å². The molecular formula is C23H24FN3OS. The van der Waals surface area contributed by atoms with Crippen molar-refractivity contribution in [1.29, 1.82) is 0 Å². The van der Waals surface area contributed by atoms with Crippen LogP contribution in [0.15, 0.2) is 66.0 Å². The van der Waals surface area contributed by atoms with Crippen molar-refractivity contribution in [3.05, 3.63) is 82.3 Å². The van der Waals surface area contributed by atoms with Gasteiger partial charge in [0.25, 0.3) is 0 Å². The maximum atomic E-state index is 13.3. The molecule has 0 radical (unpaired) electrons. The van der Waals surface area contributed by atoms with Crippen LogP contribution in [0.2, 0.25) is 0 Å². The molecule has 2 aromatic carbocycles. The quantitative estimate of drug-likeness (QED) is 0.589. The van der Waals surface area contributed by atoms with Gasteiger partial charge in [-0.25, -0.2) is 4.39 Å². The minimum atomic E-state index is -0.270. The van der Waals surface area contributed by atoms with E-state index in [0.717, 1.165) is 29.2 Å². The number of anilines is 2. The number of hydrogen-bond acceptors (Lipinski definition) is 4. The van der Waals surface area contributed by atoms with Crippen LogP contribution in [0.5, 0.6) is 0 Å². The summed E-state index contributed by atoms with van der Waals surface area (Å²) in [6.07, 6.45) is 2.48. The van der Waals surface area contributed by atoms with Crippen molar-refractivity contribution in [1.82, 2.24) is 5.32 Å². The molecule has 4 nitrogen and oxygen atoms in total. The van der Waals surface area contributed by atoms with Crippen LogP contribution in [0, 0.1) is 5.82 Å². The molecule has 1 fully saturated rings. The summed E-state index contributed by atoms with van der Waals surface area (Å²) in [5.41, 5.74) is 2.92. The van der Waals surface area contributed by atoms with E-state index in [1.807, 2.05) is 29.6 Å². The number of nitrogens with one attached hydrogen (secondary N) is 2. The largest absolute Gasteiger partial charge is 0.372 e. The monoisotopic (exact) mass is 409 g/mol. The van der Waals surface area contributed by atoms with Crippen LogP contribution in [0.25, 0.3) is 0 Å². The van der Waals surface area contributed by atoms with Crippen molar-refractivity contribution >= 4 is 28.6 Å². The van der Waals surface area contributed by atoms with Crippen LogP contribution >= 0.6 is 11.3 Å². The molecule has 0 aliphatic carbocycles. The zero-order valence-electron chi connectivity index (χ0n) is 16.1. The Morgan fingerprint density at radius 2 is 1.76 bits per heavy atom. The van der Waals surface area contributed by atoms with Crippen molar-refractivity contribution in [2.45, 2.75) is 18.9 Å². The third-order valence-corrected chi connectivity index (χ3v) is 6.06. The number of halogens is 1. The fraction of sp³-hybridized carbons (Fsp3) is 0.261. The Morgan fingerprint density at radius 1 is 1.03 bits per heavy atom. The Bertz CT molecular complexity index is 920. The molecule has 1 aliphatic rings. The highest BCUT2D eigenvalue weighted by Gasteiger charge is 2.17. The molecule has 1 amide bonds. The predicted octanol–water partition coefficient (Wildman–Crippen LogP) is 4.81. The maximum absolute atomic E-state index is 13.3. The van der Waals surface area contributed by atoms with E-state index in [2.05, 4.69) is 27.7 Å². The first-order chi connectivity index (χ1) is 14.2. The number of rotatable bonds is 7. The smallest absolute Gasteiger partial charge is 0.238 e. The molecule has 2 N–H and O–H groups in total. The lowest BCUT2D eigenvalue weighted by molar-refractivity contribution is -0.115. The summed E-state index contributed by atoms with van der Waals surface area (Å²) >= 11 is 1.61. The number of carbonyl (C=O) groups excluding carboxylic acids is 1. The second kappa shape index (κ2) is 9.20. The SMILES string of the molecule is O=C(CN[C@H](c1ccc(F)cc1)c1cccs1)Nc1ccc(N2CCCC2)cc1. The highest BCUT2D eigenvalue weighted by atomic mass is 32.1. The van der Waals surface area contributed by atoms with Gasteiger partial charge in [0.15, 0.2) is 0 Å². The van der Waals surface area contributed by atoms with E-state index in [9.17, 15) is 9.18 Å². The van der Waals surface area contributed by atoms with E-state index in [1.165, 1.54) is 30.7 Å². The zero-order valence-corrected chi connectivity index (χ0v) is 16.9. The van der Waals surface area contributed by atoms with E-state index in [0.29, 0.717) is 0 Å². The molecule has 1 aliphatic heterocycles. The van der Waals surface area contributed by atoms with Crippen LogP contribution in [0.4, 0.5) is 15.8 Å². The summed E-state index contributed by atoms with van der Waals surface area (Å²) in [6, 6.07) is 18.2. The Morgan fingerprint density at radius 3 is 2.41 bits per heavy atom. The third-order valence-electron chi connectivity index (χ3n) is 5.12. The minimum absolute atomic E-state index is 0.109. The van der Waals surface area contributed by atoms with Crippen molar-refractivity contribution in [2.75, 3.05) is 29.9 Å². The number of amides is 1. The van der Waals surface area contributed by atoms with Gasteiger partial charge in [-0.15, -0.1) is 11.3 Å². The molecule has 1 atom stereocenters. The topological polar surface area (TPSA) is 44.4 Å². The molecule has 2 heterocycles. The van der Waals surface area contributed by atoms with Crippen molar-refractivity contribution in [3.8, 4) is 0 Å². The zero-order chi connectivity index (χ0) is 20.1. The van der Waals surface area contributed by atoms with Gasteiger partial charge >= 0.3 is 0 Å². The number of thiophene rings is 1. The first-order valence-corrected chi connectivity index (χ1v) is 10.7. The molecule has 6 heteroatoms. The third kappa shape index (κ3) is 5.02. The highest BCUT2D eigenvalue weighted by molar-refractivity contribution is 7.10. The van der Waals surface area contributed by atoms with Crippen LogP contribution in [0.1, 0.15) is 29.3 Å². The minimum Gasteiger partial charge on any atom is -0.372 e. The predicted molar refractivity (Wildman–Crippen MR) is 117 cm³/mol. The standard InChI is InChI=1S/C23H24FN3OS/c24-18-7-5-17(6-8-18)23(21-4-3-15-29-21)25-16-22(28)26-19-9-11-20(12-10-19)27-13-1-2-14-27/h3-12,15,23,25H,1-2,13-14,16H2,(H,26,28)/t23-/m1/s1. The molecule has 0 spiro atoms. The Hall–Kier alpha value is -2.70. The summed E-state index contributed by atoms with van der Waals surface area (Å²) in [5, 5.41) is 8.24. The Balaban J connectivity index is 1.37. The number of benzene rings is 2. The average molecular weight is 410 g/mol. The lowest BCUT2D eigenvalue weighted by atomic mass is 10.1. The lowest BCUT2D eigenvalue weighted by Gasteiger charge is -2.19. The molecular weight excluding hydrogens is 385 g/mol. The molecule has 150 valence electrons. The van der Waals surface area contributed by atoms with Gasteiger partial charge < -0.3 is 10.2 Å². The molecule has 29 heavy (non-hydrogen) atoms. The first-order valence-electron chi connectivity index (χ1n) is 9.86. The van der Waals surface area contributed by atoms with E-state index in [1.54, 1.807) is 23.5 Å². The van der Waals surface area contributed by atoms with Gasteiger partial charge in [0.1, 0.15) is 5.82 Å². The molecule has 1 aromatic heterocycles. The van der Waals surface area contributed by atoms with Crippen molar-refractivity contribution in [2.24, 2.45) is 0 Å². The van der Waals surface area contributed by atoms with Crippen molar-refractivity contribution < 1.29 is 9.18 Å². The molecule has 0 saturated carbocycles.